The molecule has 0 fully saturated rings. The van der Waals surface area contributed by atoms with E-state index in [1.807, 2.05) is 0 Å². The van der Waals surface area contributed by atoms with Gasteiger partial charge >= 0.3 is 7.75 Å². The van der Waals surface area contributed by atoms with Gasteiger partial charge in [-0.05, 0) is 0 Å². The maximum atomic E-state index is 10.0. The fourth-order valence-electron chi connectivity index (χ4n) is 0.246. The molecule has 0 spiro atoms. The molecule has 0 aliphatic heterocycles. The highest BCUT2D eigenvalue weighted by molar-refractivity contribution is 7.48. The quantitative estimate of drug-likeness (QED) is 0.300. The van der Waals surface area contributed by atoms with Gasteiger partial charge < -0.3 is 20.7 Å². The molecule has 0 unspecified atom stereocenters. The van der Waals surface area contributed by atoms with Crippen LogP contribution >= 0.6 is 7.75 Å². The Morgan fingerprint density at radius 1 is 1.56 bits per heavy atom. The van der Waals surface area contributed by atoms with Crippen molar-refractivity contribution in [3.63, 3.8) is 0 Å². The van der Waals surface area contributed by atoms with Crippen molar-refractivity contribution in [2.24, 2.45) is 5.73 Å². The van der Waals surface area contributed by atoms with Crippen LogP contribution in [0.25, 0.3) is 0 Å². The third kappa shape index (κ3) is 3.58. The van der Waals surface area contributed by atoms with Crippen molar-refractivity contribution in [1.29, 1.82) is 0 Å². The summed E-state index contributed by atoms with van der Waals surface area (Å²) in [6.07, 6.45) is 0. The average molecular weight is 156 g/mol. The predicted octanol–water partition coefficient (Wildman–Crippen LogP) is -1.27. The Morgan fingerprint density at radius 2 is 2.00 bits per heavy atom. The van der Waals surface area contributed by atoms with Crippen molar-refractivity contribution in [3.8, 4) is 0 Å². The molecular formula is C2H9N2O4P. The largest absolute Gasteiger partial charge is 0.425 e. The second-order valence-corrected chi connectivity index (χ2v) is 2.89. The fourth-order valence-corrected chi connectivity index (χ4v) is 0.622. The zero-order valence-corrected chi connectivity index (χ0v) is 5.53. The van der Waals surface area contributed by atoms with Crippen LogP contribution in [0.3, 0.4) is 0 Å². The molecule has 0 saturated heterocycles. The third-order valence-electron chi connectivity index (χ3n) is 0.630. The smallest absolute Gasteiger partial charge is 0.329 e. The zero-order chi connectivity index (χ0) is 7.49. The molecule has 0 aromatic heterocycles. The van der Waals surface area contributed by atoms with Crippen molar-refractivity contribution in [1.82, 2.24) is 4.83 Å². The number of hydroxylamine groups is 1. The summed E-state index contributed by atoms with van der Waals surface area (Å²) in [5.74, 6) is 0. The molecule has 0 aromatic rings. The molecule has 0 radical (unpaired) electrons. The zero-order valence-electron chi connectivity index (χ0n) is 4.64. The first-order valence-corrected chi connectivity index (χ1v) is 3.77. The van der Waals surface area contributed by atoms with Crippen molar-refractivity contribution < 1.29 is 19.6 Å². The van der Waals surface area contributed by atoms with E-state index in [-0.39, 0.29) is 17.9 Å². The minimum atomic E-state index is -4.46. The van der Waals surface area contributed by atoms with Gasteiger partial charge in [0.05, 0.1) is 0 Å². The molecular weight excluding hydrogens is 147 g/mol. The summed E-state index contributed by atoms with van der Waals surface area (Å²) in [7, 11) is -4.46. The maximum Gasteiger partial charge on any atom is 0.425 e. The van der Waals surface area contributed by atoms with E-state index >= 15 is 0 Å². The summed E-state index contributed by atoms with van der Waals surface area (Å²) >= 11 is 0. The number of hydrogen-bond donors (Lipinski definition) is 4. The summed E-state index contributed by atoms with van der Waals surface area (Å²) in [4.78, 5) is 16.2. The number of nitrogens with two attached hydrogens (primary N) is 1. The van der Waals surface area contributed by atoms with Gasteiger partial charge in [0.1, 0.15) is 0 Å². The van der Waals surface area contributed by atoms with E-state index in [4.69, 9.17) is 20.7 Å². The van der Waals surface area contributed by atoms with Gasteiger partial charge in [-0.3, -0.25) is 0 Å². The van der Waals surface area contributed by atoms with Crippen molar-refractivity contribution in [3.05, 3.63) is 0 Å². The van der Waals surface area contributed by atoms with Crippen LogP contribution in [0.2, 0.25) is 0 Å². The molecule has 5 N–H and O–H groups in total. The topological polar surface area (TPSA) is 107 Å². The molecule has 9 heavy (non-hydrogen) atoms. The van der Waals surface area contributed by atoms with E-state index in [1.165, 1.54) is 0 Å². The molecule has 0 aliphatic rings. The molecule has 6 nitrogen and oxygen atoms in total. The highest BCUT2D eigenvalue weighted by Gasteiger charge is 2.21. The Morgan fingerprint density at radius 3 is 2.11 bits per heavy atom. The second kappa shape index (κ2) is 3.26. The highest BCUT2D eigenvalue weighted by Crippen LogP contribution is 2.37. The summed E-state index contributed by atoms with van der Waals surface area (Å²) in [5, 5.41) is 8.38. The summed E-state index contributed by atoms with van der Waals surface area (Å²) < 4.78 is 10.0. The van der Waals surface area contributed by atoms with Crippen LogP contribution < -0.4 is 5.73 Å². The number of nitrogens with zero attached hydrogens (tertiary/aromatic N) is 1. The molecule has 0 rings (SSSR count). The molecule has 7 heteroatoms. The predicted molar refractivity (Wildman–Crippen MR) is 29.6 cm³/mol. The van der Waals surface area contributed by atoms with Crippen molar-refractivity contribution in [2.75, 3.05) is 13.1 Å². The van der Waals surface area contributed by atoms with Gasteiger partial charge in [0.15, 0.2) is 0 Å². The Labute approximate surface area is 52.1 Å². The van der Waals surface area contributed by atoms with E-state index in [0.717, 1.165) is 0 Å². The molecule has 0 aromatic carbocycles. The van der Waals surface area contributed by atoms with Crippen molar-refractivity contribution in [2.45, 2.75) is 0 Å². The highest BCUT2D eigenvalue weighted by atomic mass is 31.2. The first-order chi connectivity index (χ1) is 3.98. The summed E-state index contributed by atoms with van der Waals surface area (Å²) in [5.41, 5.74) is 4.88. The van der Waals surface area contributed by atoms with Crippen LogP contribution in [-0.4, -0.2) is 32.9 Å². The molecule has 0 atom stereocenters. The van der Waals surface area contributed by atoms with Crippen LogP contribution in [0.15, 0.2) is 0 Å². The van der Waals surface area contributed by atoms with Gasteiger partial charge in [0, 0.05) is 13.1 Å². The Balaban J connectivity index is 3.74. The molecule has 0 aliphatic carbocycles. The molecule has 0 bridgehead atoms. The van der Waals surface area contributed by atoms with Gasteiger partial charge in [0.2, 0.25) is 0 Å². The van der Waals surface area contributed by atoms with Gasteiger partial charge in [-0.1, -0.05) is 4.83 Å². The van der Waals surface area contributed by atoms with Gasteiger partial charge in [-0.2, -0.15) is 0 Å². The van der Waals surface area contributed by atoms with Gasteiger partial charge in [0.25, 0.3) is 0 Å². The monoisotopic (exact) mass is 156 g/mol. The average Bonchev–Trinajstić information content (AvgIpc) is 1.64. The lowest BCUT2D eigenvalue weighted by atomic mass is 10.7. The van der Waals surface area contributed by atoms with E-state index < -0.39 is 7.75 Å². The Hall–Kier alpha value is 0.0300. The fraction of sp³-hybridized carbons (Fsp3) is 1.00. The number of hydrogen-bond acceptors (Lipinski definition) is 3. The van der Waals surface area contributed by atoms with Crippen LogP contribution in [0.5, 0.6) is 0 Å². The molecule has 0 amide bonds. The maximum absolute atomic E-state index is 10.0. The van der Waals surface area contributed by atoms with E-state index in [9.17, 15) is 4.57 Å². The second-order valence-electron chi connectivity index (χ2n) is 1.40. The van der Waals surface area contributed by atoms with E-state index in [1.54, 1.807) is 0 Å². The lowest BCUT2D eigenvalue weighted by molar-refractivity contribution is -0.0234. The van der Waals surface area contributed by atoms with E-state index in [2.05, 4.69) is 0 Å². The SMILES string of the molecule is NCCN(O)P(=O)(O)O. The van der Waals surface area contributed by atoms with Crippen LogP contribution in [0, 0.1) is 0 Å². The number of rotatable bonds is 3. The summed E-state index contributed by atoms with van der Waals surface area (Å²) in [6.45, 7) is -0.230. The normalized spacial score (nSPS) is 12.6. The summed E-state index contributed by atoms with van der Waals surface area (Å²) in [6, 6.07) is 0. The molecule has 0 saturated carbocycles. The molecule has 0 heterocycles. The minimum absolute atomic E-state index is 0.00160. The van der Waals surface area contributed by atoms with E-state index in [0.29, 0.717) is 0 Å². The van der Waals surface area contributed by atoms with Gasteiger partial charge in [-0.15, -0.1) is 0 Å². The van der Waals surface area contributed by atoms with Crippen LogP contribution in [0.4, 0.5) is 0 Å². The van der Waals surface area contributed by atoms with Crippen LogP contribution in [-0.2, 0) is 4.57 Å². The minimum Gasteiger partial charge on any atom is -0.329 e. The Kier molecular flexibility index (Phi) is 3.27. The standard InChI is InChI=1S/C2H9N2O4P/c3-1-2-4(5)9(6,7)8/h5H,1-3H2,(H2,6,7,8). The van der Waals surface area contributed by atoms with Gasteiger partial charge in [-0.25, -0.2) is 4.57 Å². The lowest BCUT2D eigenvalue weighted by Gasteiger charge is -2.13. The first-order valence-electron chi connectivity index (χ1n) is 2.21. The molecule has 56 valence electrons. The van der Waals surface area contributed by atoms with Crippen molar-refractivity contribution >= 4 is 7.75 Å². The third-order valence-corrected chi connectivity index (χ3v) is 1.43. The Bertz CT molecular complexity index is 122. The van der Waals surface area contributed by atoms with Crippen LogP contribution in [0.1, 0.15) is 0 Å². The first kappa shape index (κ1) is 9.03. The lowest BCUT2D eigenvalue weighted by Crippen LogP contribution is -2.23.